The largest absolute Gasteiger partial charge is 0.361 e. The molecule has 0 spiro atoms. The van der Waals surface area contributed by atoms with Gasteiger partial charge in [-0.2, -0.15) is 0 Å². The lowest BCUT2D eigenvalue weighted by molar-refractivity contribution is 0.616. The normalized spacial score (nSPS) is 10.9. The average molecular weight is 245 g/mol. The number of benzene rings is 1. The van der Waals surface area contributed by atoms with E-state index in [0.29, 0.717) is 10.9 Å². The zero-order valence-electron chi connectivity index (χ0n) is 9.11. The summed E-state index contributed by atoms with van der Waals surface area (Å²) in [5.74, 6) is -0.531. The van der Waals surface area contributed by atoms with E-state index in [9.17, 15) is 14.0 Å². The first-order valence-electron chi connectivity index (χ1n) is 5.24. The summed E-state index contributed by atoms with van der Waals surface area (Å²) in [6, 6.07) is 5.75. The molecule has 0 atom stereocenters. The summed E-state index contributed by atoms with van der Waals surface area (Å²) >= 11 is 0. The quantitative estimate of drug-likeness (QED) is 0.675. The summed E-state index contributed by atoms with van der Waals surface area (Å²) in [5, 5.41) is 0.716. The zero-order valence-corrected chi connectivity index (χ0v) is 9.11. The van der Waals surface area contributed by atoms with Gasteiger partial charge >= 0.3 is 5.69 Å². The number of halogens is 1. The molecular weight excluding hydrogens is 237 g/mol. The fraction of sp³-hybridized carbons (Fsp3) is 0. The van der Waals surface area contributed by atoms with Crippen LogP contribution in [0.4, 0.5) is 4.39 Å². The minimum atomic E-state index is -0.674. The summed E-state index contributed by atoms with van der Waals surface area (Å²) in [5.41, 5.74) is -0.388. The molecule has 18 heavy (non-hydrogen) atoms. The molecule has 0 saturated heterocycles. The molecule has 0 radical (unpaired) electrons. The number of hydrogen-bond acceptors (Lipinski definition) is 2. The Labute approximate surface area is 99.5 Å². The highest BCUT2D eigenvalue weighted by Gasteiger charge is 2.09. The Hall–Kier alpha value is -2.63. The van der Waals surface area contributed by atoms with E-state index < -0.39 is 17.1 Å². The fourth-order valence-electron chi connectivity index (χ4n) is 1.85. The third-order valence-corrected chi connectivity index (χ3v) is 2.70. The second-order valence-corrected chi connectivity index (χ2v) is 3.85. The second kappa shape index (κ2) is 3.69. The maximum Gasteiger partial charge on any atom is 0.333 e. The van der Waals surface area contributed by atoms with Gasteiger partial charge in [0, 0.05) is 29.4 Å². The number of nitrogens with one attached hydrogen (secondary N) is 2. The van der Waals surface area contributed by atoms with E-state index in [1.165, 1.54) is 24.4 Å². The minimum absolute atomic E-state index is 0.0891. The molecule has 3 rings (SSSR count). The van der Waals surface area contributed by atoms with Crippen LogP contribution in [0.15, 0.2) is 46.2 Å². The Morgan fingerprint density at radius 2 is 2.00 bits per heavy atom. The third kappa shape index (κ3) is 1.55. The summed E-state index contributed by atoms with van der Waals surface area (Å²) in [6.45, 7) is 0. The minimum Gasteiger partial charge on any atom is -0.361 e. The molecular formula is C12H8FN3O2. The first-order chi connectivity index (χ1) is 8.65. The van der Waals surface area contributed by atoms with Gasteiger partial charge in [-0.25, -0.2) is 9.18 Å². The van der Waals surface area contributed by atoms with Gasteiger partial charge in [0.25, 0.3) is 5.56 Å². The fourth-order valence-corrected chi connectivity index (χ4v) is 1.85. The maximum atomic E-state index is 13.9. The van der Waals surface area contributed by atoms with Crippen molar-refractivity contribution >= 4 is 10.9 Å². The van der Waals surface area contributed by atoms with E-state index in [-0.39, 0.29) is 5.69 Å². The van der Waals surface area contributed by atoms with E-state index in [0.717, 1.165) is 4.57 Å². The Morgan fingerprint density at radius 3 is 2.78 bits per heavy atom. The molecule has 0 aliphatic heterocycles. The molecule has 0 aliphatic rings. The SMILES string of the molecule is O=c1ccn(-c2cc3[nH]ccc3cc2F)c(=O)[nH]1. The first kappa shape index (κ1) is 10.5. The number of aromatic nitrogens is 3. The van der Waals surface area contributed by atoms with Crippen LogP contribution < -0.4 is 11.2 Å². The van der Waals surface area contributed by atoms with Crippen molar-refractivity contribution in [2.45, 2.75) is 0 Å². The number of hydrogen-bond donors (Lipinski definition) is 2. The Kier molecular flexibility index (Phi) is 2.16. The van der Waals surface area contributed by atoms with Gasteiger partial charge in [0.15, 0.2) is 0 Å². The van der Waals surface area contributed by atoms with Crippen LogP contribution in [0.5, 0.6) is 0 Å². The third-order valence-electron chi connectivity index (χ3n) is 2.70. The number of rotatable bonds is 1. The van der Waals surface area contributed by atoms with Gasteiger partial charge in [-0.1, -0.05) is 0 Å². The zero-order chi connectivity index (χ0) is 12.7. The van der Waals surface area contributed by atoms with Gasteiger partial charge in [0.05, 0.1) is 5.69 Å². The van der Waals surface area contributed by atoms with Crippen LogP contribution in [-0.2, 0) is 0 Å². The lowest BCUT2D eigenvalue weighted by Gasteiger charge is -2.06. The van der Waals surface area contributed by atoms with Crippen LogP contribution in [0.25, 0.3) is 16.6 Å². The van der Waals surface area contributed by atoms with Crippen LogP contribution in [0.1, 0.15) is 0 Å². The lowest BCUT2D eigenvalue weighted by atomic mass is 10.2. The van der Waals surface area contributed by atoms with Gasteiger partial charge in [-0.15, -0.1) is 0 Å². The molecule has 2 aromatic heterocycles. The topological polar surface area (TPSA) is 70.7 Å². The van der Waals surface area contributed by atoms with Crippen molar-refractivity contribution in [3.05, 3.63) is 63.3 Å². The molecule has 6 heteroatoms. The molecule has 90 valence electrons. The van der Waals surface area contributed by atoms with Crippen molar-refractivity contribution in [2.24, 2.45) is 0 Å². The molecule has 2 N–H and O–H groups in total. The molecule has 0 saturated carbocycles. The monoisotopic (exact) mass is 245 g/mol. The molecule has 0 aliphatic carbocycles. The lowest BCUT2D eigenvalue weighted by Crippen LogP contribution is -2.27. The van der Waals surface area contributed by atoms with Crippen molar-refractivity contribution in [1.82, 2.24) is 14.5 Å². The second-order valence-electron chi connectivity index (χ2n) is 3.85. The van der Waals surface area contributed by atoms with E-state index in [1.54, 1.807) is 12.3 Å². The first-order valence-corrected chi connectivity index (χ1v) is 5.24. The Balaban J connectivity index is 2.33. The summed E-state index contributed by atoms with van der Waals surface area (Å²) in [7, 11) is 0. The number of H-pyrrole nitrogens is 2. The molecule has 0 amide bonds. The van der Waals surface area contributed by atoms with Crippen molar-refractivity contribution in [2.75, 3.05) is 0 Å². The molecule has 0 unspecified atom stereocenters. The number of aromatic amines is 2. The van der Waals surface area contributed by atoms with E-state index >= 15 is 0 Å². The predicted octanol–water partition coefficient (Wildman–Crippen LogP) is 1.15. The van der Waals surface area contributed by atoms with Crippen LogP contribution in [0, 0.1) is 5.82 Å². The number of nitrogens with zero attached hydrogens (tertiary/aromatic N) is 1. The maximum absolute atomic E-state index is 13.9. The Morgan fingerprint density at radius 1 is 1.17 bits per heavy atom. The van der Waals surface area contributed by atoms with Crippen molar-refractivity contribution < 1.29 is 4.39 Å². The van der Waals surface area contributed by atoms with Crippen LogP contribution in [-0.4, -0.2) is 14.5 Å². The summed E-state index contributed by atoms with van der Waals surface area (Å²) in [6.07, 6.45) is 2.93. The van der Waals surface area contributed by atoms with Gasteiger partial charge in [-0.3, -0.25) is 14.3 Å². The van der Waals surface area contributed by atoms with E-state index in [2.05, 4.69) is 9.97 Å². The molecule has 1 aromatic carbocycles. The van der Waals surface area contributed by atoms with Crippen LogP contribution >= 0.6 is 0 Å². The van der Waals surface area contributed by atoms with Crippen molar-refractivity contribution in [3.63, 3.8) is 0 Å². The van der Waals surface area contributed by atoms with Gasteiger partial charge < -0.3 is 4.98 Å². The van der Waals surface area contributed by atoms with Crippen LogP contribution in [0.2, 0.25) is 0 Å². The highest BCUT2D eigenvalue weighted by atomic mass is 19.1. The average Bonchev–Trinajstić information content (AvgIpc) is 2.75. The van der Waals surface area contributed by atoms with Crippen molar-refractivity contribution in [1.29, 1.82) is 0 Å². The summed E-state index contributed by atoms with van der Waals surface area (Å²) < 4.78 is 15.0. The van der Waals surface area contributed by atoms with Crippen LogP contribution in [0.3, 0.4) is 0 Å². The van der Waals surface area contributed by atoms with Gasteiger partial charge in [0.2, 0.25) is 0 Å². The van der Waals surface area contributed by atoms with E-state index in [4.69, 9.17) is 0 Å². The molecule has 3 aromatic rings. The van der Waals surface area contributed by atoms with Gasteiger partial charge in [-0.05, 0) is 18.2 Å². The molecule has 5 nitrogen and oxygen atoms in total. The standard InChI is InChI=1S/C12H8FN3O2/c13-8-5-7-1-3-14-9(7)6-10(8)16-4-2-11(17)15-12(16)18/h1-6,14H,(H,15,17,18). The predicted molar refractivity (Wildman–Crippen MR) is 64.5 cm³/mol. The smallest absolute Gasteiger partial charge is 0.333 e. The molecule has 0 bridgehead atoms. The van der Waals surface area contributed by atoms with Gasteiger partial charge in [0.1, 0.15) is 5.82 Å². The highest BCUT2D eigenvalue weighted by Crippen LogP contribution is 2.19. The Bertz CT molecular complexity index is 844. The highest BCUT2D eigenvalue weighted by molar-refractivity contribution is 5.81. The molecule has 2 heterocycles. The number of fused-ring (bicyclic) bond motifs is 1. The summed E-state index contributed by atoms with van der Waals surface area (Å²) in [4.78, 5) is 27.6. The van der Waals surface area contributed by atoms with E-state index in [1.807, 2.05) is 0 Å². The van der Waals surface area contributed by atoms with Crippen molar-refractivity contribution in [3.8, 4) is 5.69 Å². The molecule has 0 fully saturated rings.